The van der Waals surface area contributed by atoms with Crippen LogP contribution in [-0.2, 0) is 9.53 Å². The molecule has 1 N–H and O–H groups in total. The summed E-state index contributed by atoms with van der Waals surface area (Å²) in [5.41, 5.74) is 2.22. The van der Waals surface area contributed by atoms with Crippen LogP contribution in [0.15, 0.2) is 46.0 Å². The molecular formula is C24H27ClN4O5S. The topological polar surface area (TPSA) is 99.0 Å². The van der Waals surface area contributed by atoms with Gasteiger partial charge in [0.05, 0.1) is 43.6 Å². The zero-order valence-corrected chi connectivity index (χ0v) is 21.2. The molecule has 0 radical (unpaired) electrons. The van der Waals surface area contributed by atoms with Gasteiger partial charge in [-0.2, -0.15) is 0 Å². The second kappa shape index (κ2) is 12.1. The Morgan fingerprint density at radius 1 is 1.09 bits per heavy atom. The lowest BCUT2D eigenvalue weighted by Gasteiger charge is -2.31. The Balaban J connectivity index is 1.45. The van der Waals surface area contributed by atoms with Gasteiger partial charge in [0.15, 0.2) is 0 Å². The molecule has 0 atom stereocenters. The van der Waals surface area contributed by atoms with Crippen LogP contribution in [-0.4, -0.2) is 61.4 Å². The average molecular weight is 519 g/mol. The fourth-order valence-corrected chi connectivity index (χ4v) is 4.22. The Hall–Kier alpha value is -2.95. The molecule has 9 nitrogen and oxygen atoms in total. The third kappa shape index (κ3) is 6.59. The number of benzene rings is 2. The summed E-state index contributed by atoms with van der Waals surface area (Å²) in [7, 11) is 0. The Labute approximate surface area is 213 Å². The normalized spacial score (nSPS) is 13.5. The first-order valence-corrected chi connectivity index (χ1v) is 12.7. The molecule has 2 heterocycles. The zero-order chi connectivity index (χ0) is 24.6. The summed E-state index contributed by atoms with van der Waals surface area (Å²) < 4.78 is 22.9. The van der Waals surface area contributed by atoms with Crippen molar-refractivity contribution in [3.8, 4) is 23.0 Å². The monoisotopic (exact) mass is 518 g/mol. The van der Waals surface area contributed by atoms with Gasteiger partial charge in [0.25, 0.3) is 5.22 Å². The molecule has 186 valence electrons. The number of halogens is 1. The maximum absolute atomic E-state index is 12.8. The van der Waals surface area contributed by atoms with Crippen LogP contribution in [0.5, 0.6) is 11.5 Å². The Bertz CT molecular complexity index is 1140. The van der Waals surface area contributed by atoms with Gasteiger partial charge in [-0.05, 0) is 38.1 Å². The van der Waals surface area contributed by atoms with E-state index in [4.69, 9.17) is 30.2 Å². The van der Waals surface area contributed by atoms with Crippen LogP contribution in [0.4, 0.5) is 11.4 Å². The number of nitrogens with zero attached hydrogens (tertiary/aromatic N) is 3. The molecule has 11 heteroatoms. The number of amides is 1. The van der Waals surface area contributed by atoms with E-state index in [2.05, 4.69) is 20.4 Å². The van der Waals surface area contributed by atoms with Crippen molar-refractivity contribution in [1.29, 1.82) is 0 Å². The Kier molecular flexibility index (Phi) is 8.73. The molecule has 0 bridgehead atoms. The molecule has 0 aliphatic carbocycles. The average Bonchev–Trinajstić information content (AvgIpc) is 3.34. The smallest absolute Gasteiger partial charge is 0.277 e. The van der Waals surface area contributed by atoms with Gasteiger partial charge >= 0.3 is 0 Å². The van der Waals surface area contributed by atoms with E-state index >= 15 is 0 Å². The largest absolute Gasteiger partial charge is 0.492 e. The number of anilines is 2. The lowest BCUT2D eigenvalue weighted by atomic mass is 10.2. The summed E-state index contributed by atoms with van der Waals surface area (Å²) in [6.45, 7) is 7.62. The second-order valence-corrected chi connectivity index (χ2v) is 8.86. The summed E-state index contributed by atoms with van der Waals surface area (Å²) in [5.74, 6) is 1.49. The third-order valence-corrected chi connectivity index (χ3v) is 6.18. The van der Waals surface area contributed by atoms with Gasteiger partial charge < -0.3 is 28.8 Å². The minimum absolute atomic E-state index is 0.0863. The van der Waals surface area contributed by atoms with Gasteiger partial charge in [-0.1, -0.05) is 23.4 Å². The minimum atomic E-state index is -0.233. The maximum atomic E-state index is 12.8. The molecule has 3 aromatic rings. The van der Waals surface area contributed by atoms with Crippen molar-refractivity contribution >= 4 is 40.6 Å². The highest BCUT2D eigenvalue weighted by Crippen LogP contribution is 2.39. The van der Waals surface area contributed by atoms with Crippen molar-refractivity contribution in [3.05, 3.63) is 41.4 Å². The molecule has 1 saturated heterocycles. The molecule has 0 spiro atoms. The van der Waals surface area contributed by atoms with Crippen molar-refractivity contribution in [3.63, 3.8) is 0 Å². The number of morpholine rings is 1. The predicted octanol–water partition coefficient (Wildman–Crippen LogP) is 4.75. The minimum Gasteiger partial charge on any atom is -0.492 e. The number of carbonyl (C=O) groups is 1. The van der Waals surface area contributed by atoms with Gasteiger partial charge in [0.2, 0.25) is 11.8 Å². The lowest BCUT2D eigenvalue weighted by Crippen LogP contribution is -2.36. The standard InChI is InChI=1S/C24H27ClN4O5S/c1-3-32-20-14-19(29-9-11-31-12-10-29)21(33-4-2)13-18(20)26-22(30)15-35-24-28-27-23(34-24)16-5-7-17(25)8-6-16/h5-8,13-14H,3-4,9-12,15H2,1-2H3,(H,26,30). The molecule has 0 unspecified atom stereocenters. The molecule has 1 aliphatic rings. The van der Waals surface area contributed by atoms with Crippen LogP contribution in [0.25, 0.3) is 11.5 Å². The fourth-order valence-electron chi connectivity index (χ4n) is 3.54. The number of ether oxygens (including phenoxy) is 3. The van der Waals surface area contributed by atoms with E-state index in [-0.39, 0.29) is 11.7 Å². The number of carbonyl (C=O) groups excluding carboxylic acids is 1. The van der Waals surface area contributed by atoms with Crippen molar-refractivity contribution in [2.24, 2.45) is 0 Å². The van der Waals surface area contributed by atoms with Crippen LogP contribution in [0, 0.1) is 0 Å². The van der Waals surface area contributed by atoms with Crippen molar-refractivity contribution in [1.82, 2.24) is 10.2 Å². The third-order valence-electron chi connectivity index (χ3n) is 5.11. The van der Waals surface area contributed by atoms with Crippen LogP contribution in [0.2, 0.25) is 5.02 Å². The van der Waals surface area contributed by atoms with Gasteiger partial charge in [-0.15, -0.1) is 10.2 Å². The molecule has 2 aromatic carbocycles. The summed E-state index contributed by atoms with van der Waals surface area (Å²) in [5, 5.41) is 11.9. The fraction of sp³-hybridized carbons (Fsp3) is 0.375. The molecule has 1 aromatic heterocycles. The number of hydrogen-bond acceptors (Lipinski definition) is 9. The van der Waals surface area contributed by atoms with E-state index in [9.17, 15) is 4.79 Å². The first-order valence-electron chi connectivity index (χ1n) is 11.4. The van der Waals surface area contributed by atoms with E-state index in [1.807, 2.05) is 26.0 Å². The molecule has 1 aliphatic heterocycles. The van der Waals surface area contributed by atoms with E-state index in [0.29, 0.717) is 59.8 Å². The number of rotatable bonds is 10. The predicted molar refractivity (Wildman–Crippen MR) is 136 cm³/mol. The van der Waals surface area contributed by atoms with Gasteiger partial charge in [0.1, 0.15) is 11.5 Å². The van der Waals surface area contributed by atoms with Crippen molar-refractivity contribution in [2.45, 2.75) is 19.1 Å². The van der Waals surface area contributed by atoms with E-state index in [0.717, 1.165) is 36.1 Å². The van der Waals surface area contributed by atoms with E-state index in [1.54, 1.807) is 24.3 Å². The second-order valence-electron chi connectivity index (χ2n) is 7.50. The summed E-state index contributed by atoms with van der Waals surface area (Å²) >= 11 is 7.08. The van der Waals surface area contributed by atoms with Crippen LogP contribution in [0.3, 0.4) is 0 Å². The van der Waals surface area contributed by atoms with Crippen LogP contribution in [0.1, 0.15) is 13.8 Å². The summed E-state index contributed by atoms with van der Waals surface area (Å²) in [4.78, 5) is 15.0. The SMILES string of the molecule is CCOc1cc(N2CCOCC2)c(OCC)cc1NC(=O)CSc1nnc(-c2ccc(Cl)cc2)o1. The molecular weight excluding hydrogens is 492 g/mol. The summed E-state index contributed by atoms with van der Waals surface area (Å²) in [6.07, 6.45) is 0. The molecule has 35 heavy (non-hydrogen) atoms. The highest BCUT2D eigenvalue weighted by molar-refractivity contribution is 7.99. The maximum Gasteiger partial charge on any atom is 0.277 e. The van der Waals surface area contributed by atoms with E-state index < -0.39 is 0 Å². The zero-order valence-electron chi connectivity index (χ0n) is 19.6. The molecule has 1 fully saturated rings. The van der Waals surface area contributed by atoms with Crippen molar-refractivity contribution < 1.29 is 23.4 Å². The molecule has 0 saturated carbocycles. The van der Waals surface area contributed by atoms with Crippen LogP contribution >= 0.6 is 23.4 Å². The molecule has 4 rings (SSSR count). The lowest BCUT2D eigenvalue weighted by molar-refractivity contribution is -0.113. The van der Waals surface area contributed by atoms with Gasteiger partial charge in [-0.25, -0.2) is 0 Å². The van der Waals surface area contributed by atoms with Gasteiger partial charge in [-0.3, -0.25) is 4.79 Å². The first-order chi connectivity index (χ1) is 17.1. The van der Waals surface area contributed by atoms with Crippen molar-refractivity contribution in [2.75, 3.05) is 55.5 Å². The molecule has 1 amide bonds. The highest BCUT2D eigenvalue weighted by atomic mass is 35.5. The first kappa shape index (κ1) is 25.2. The Morgan fingerprint density at radius 2 is 1.80 bits per heavy atom. The summed E-state index contributed by atoms with van der Waals surface area (Å²) in [6, 6.07) is 10.8. The van der Waals surface area contributed by atoms with E-state index in [1.165, 1.54) is 0 Å². The quantitative estimate of drug-likeness (QED) is 0.381. The highest BCUT2D eigenvalue weighted by Gasteiger charge is 2.21. The van der Waals surface area contributed by atoms with Crippen LogP contribution < -0.4 is 19.7 Å². The van der Waals surface area contributed by atoms with Gasteiger partial charge in [0, 0.05) is 35.8 Å². The number of nitrogens with one attached hydrogen (secondary N) is 1. The Morgan fingerprint density at radius 3 is 2.51 bits per heavy atom. The number of aromatic nitrogens is 2. The number of hydrogen-bond donors (Lipinski definition) is 1. The number of thioether (sulfide) groups is 1.